The maximum atomic E-state index is 11.5. The van der Waals surface area contributed by atoms with Gasteiger partial charge in [-0.25, -0.2) is 8.42 Å². The number of fused-ring (bicyclic) bond motifs is 1. The van der Waals surface area contributed by atoms with Gasteiger partial charge in [0.15, 0.2) is 15.6 Å². The number of hydrogen-bond acceptors (Lipinski definition) is 3. The van der Waals surface area contributed by atoms with Crippen LogP contribution in [-0.4, -0.2) is 20.0 Å². The third kappa shape index (κ3) is 9.58. The molecule has 1 aromatic rings. The van der Waals surface area contributed by atoms with Crippen LogP contribution in [0.1, 0.15) is 18.1 Å². The highest BCUT2D eigenvalue weighted by Gasteiger charge is 2.27. The SMILES string of the molecule is O=C1CCS(=O)(=O)c2ccccc21.[3H]C#CC#CC#CC#CC#CC#CC#CC#CC#C. The lowest BCUT2D eigenvalue weighted by atomic mass is 10.1. The minimum absolute atomic E-state index is 0.0527. The molecule has 0 unspecified atom stereocenters. The van der Waals surface area contributed by atoms with E-state index in [1.54, 1.807) is 18.2 Å². The summed E-state index contributed by atoms with van der Waals surface area (Å²) in [5, 5.41) is 0. The first-order valence-corrected chi connectivity index (χ1v) is 9.90. The Morgan fingerprint density at radius 2 is 1.19 bits per heavy atom. The van der Waals surface area contributed by atoms with E-state index < -0.39 is 9.84 Å². The molecule has 0 radical (unpaired) electrons. The summed E-state index contributed by atoms with van der Waals surface area (Å²) >= 11 is 0. The Morgan fingerprint density at radius 3 is 1.65 bits per heavy atom. The van der Waals surface area contributed by atoms with Gasteiger partial charge >= 0.3 is 0 Å². The number of sulfone groups is 1. The van der Waals surface area contributed by atoms with Gasteiger partial charge in [0.25, 0.3) is 0 Å². The zero-order valence-corrected chi connectivity index (χ0v) is 16.8. The first kappa shape index (κ1) is 22.2. The monoisotopic (exact) mass is 416 g/mol. The van der Waals surface area contributed by atoms with Crippen LogP contribution in [0.25, 0.3) is 0 Å². The molecule has 0 saturated heterocycles. The van der Waals surface area contributed by atoms with Gasteiger partial charge in [-0.2, -0.15) is 0 Å². The largest absolute Gasteiger partial charge is 0.294 e. The van der Waals surface area contributed by atoms with Crippen molar-refractivity contribution in [1.29, 1.82) is 0 Å². The van der Waals surface area contributed by atoms with E-state index in [1.165, 1.54) is 6.07 Å². The Bertz CT molecular complexity index is 1560. The van der Waals surface area contributed by atoms with E-state index in [4.69, 9.17) is 7.79 Å². The van der Waals surface area contributed by atoms with Gasteiger partial charge in [0, 0.05) is 12.0 Å². The molecule has 0 fully saturated rings. The molecule has 0 atom stereocenters. The summed E-state index contributed by atoms with van der Waals surface area (Å²) in [6.07, 6.45) is 6.86. The molecular formula is C27H10O3S. The van der Waals surface area contributed by atoms with Crippen molar-refractivity contribution in [2.24, 2.45) is 0 Å². The summed E-state index contributed by atoms with van der Waals surface area (Å²) in [5.74, 6) is 38.1. The number of Topliss-reactive ketones (excluding diaryl/α,β-unsaturated/α-hetero) is 1. The summed E-state index contributed by atoms with van der Waals surface area (Å²) in [6.45, 7) is 0. The van der Waals surface area contributed by atoms with E-state index in [-0.39, 0.29) is 22.9 Å². The van der Waals surface area contributed by atoms with Gasteiger partial charge in [0.1, 0.15) is 1.37 Å². The second-order valence-corrected chi connectivity index (χ2v) is 7.09. The van der Waals surface area contributed by atoms with Crippen LogP contribution in [0.2, 0.25) is 0 Å². The molecular weight excluding hydrogens is 404 g/mol. The van der Waals surface area contributed by atoms with Crippen LogP contribution in [0, 0.1) is 108 Å². The lowest BCUT2D eigenvalue weighted by molar-refractivity contribution is 0.0983. The highest BCUT2D eigenvalue weighted by Crippen LogP contribution is 2.24. The number of hydrogen-bond donors (Lipinski definition) is 0. The zero-order valence-electron chi connectivity index (χ0n) is 16.9. The van der Waals surface area contributed by atoms with Crippen molar-refractivity contribution in [1.82, 2.24) is 0 Å². The number of carbonyl (C=O) groups is 1. The fraction of sp³-hybridized carbons (Fsp3) is 0.0741. The van der Waals surface area contributed by atoms with Crippen molar-refractivity contribution in [3.8, 4) is 108 Å². The quantitative estimate of drug-likeness (QED) is 0.600. The molecule has 0 saturated carbocycles. The molecule has 0 N–H and O–H groups in total. The van der Waals surface area contributed by atoms with Crippen molar-refractivity contribution in [3.05, 3.63) is 29.8 Å². The number of rotatable bonds is 0. The van der Waals surface area contributed by atoms with Gasteiger partial charge < -0.3 is 0 Å². The molecule has 0 amide bonds. The molecule has 4 heteroatoms. The van der Waals surface area contributed by atoms with E-state index in [1.807, 2.05) is 6.40 Å². The molecule has 1 aromatic carbocycles. The topological polar surface area (TPSA) is 51.2 Å². The van der Waals surface area contributed by atoms with Crippen LogP contribution in [-0.2, 0) is 9.84 Å². The average molecular weight is 416 g/mol. The molecule has 0 bridgehead atoms. The minimum atomic E-state index is -3.20. The van der Waals surface area contributed by atoms with Crippen molar-refractivity contribution in [2.45, 2.75) is 11.3 Å². The van der Waals surface area contributed by atoms with Crippen molar-refractivity contribution < 1.29 is 14.6 Å². The van der Waals surface area contributed by atoms with Gasteiger partial charge in [-0.3, -0.25) is 4.79 Å². The smallest absolute Gasteiger partial charge is 0.179 e. The van der Waals surface area contributed by atoms with Crippen molar-refractivity contribution in [2.75, 3.05) is 5.75 Å². The Morgan fingerprint density at radius 1 is 0.742 bits per heavy atom. The Kier molecular flexibility index (Phi) is 9.98. The third-order valence-electron chi connectivity index (χ3n) is 3.07. The summed E-state index contributed by atoms with van der Waals surface area (Å²) in [4.78, 5) is 11.5. The van der Waals surface area contributed by atoms with Gasteiger partial charge in [0.05, 0.1) is 10.6 Å². The van der Waals surface area contributed by atoms with Crippen LogP contribution in [0.3, 0.4) is 0 Å². The first-order valence-electron chi connectivity index (χ1n) is 8.75. The van der Waals surface area contributed by atoms with Crippen molar-refractivity contribution >= 4 is 15.6 Å². The minimum Gasteiger partial charge on any atom is -0.294 e. The maximum absolute atomic E-state index is 11.5. The highest BCUT2D eigenvalue weighted by atomic mass is 32.2. The van der Waals surface area contributed by atoms with Gasteiger partial charge in [-0.15, -0.1) is 12.8 Å². The number of carbonyl (C=O) groups excluding carboxylic acids is 1. The lowest BCUT2D eigenvalue weighted by Crippen LogP contribution is -2.20. The predicted octanol–water partition coefficient (Wildman–Crippen LogP) is 1.32. The van der Waals surface area contributed by atoms with E-state index in [2.05, 4.69) is 94.7 Å². The average Bonchev–Trinajstić information content (AvgIpc) is 2.80. The number of benzene rings is 1. The molecule has 0 aliphatic carbocycles. The second kappa shape index (κ2) is 14.0. The normalized spacial score (nSPS) is 10.5. The second-order valence-electron chi connectivity index (χ2n) is 5.01. The molecule has 142 valence electrons. The molecule has 31 heavy (non-hydrogen) atoms. The van der Waals surface area contributed by atoms with Crippen LogP contribution >= 0.6 is 0 Å². The fourth-order valence-electron chi connectivity index (χ4n) is 1.88. The summed E-state index contributed by atoms with van der Waals surface area (Å²) in [5.41, 5.74) is 0.341. The fourth-order valence-corrected chi connectivity index (χ4v) is 3.36. The molecule has 0 aromatic heterocycles. The standard InChI is InChI=1S/C18H2.C9H8O3S/c1-3-5-7-9-11-13-15-17-18-16-14-12-10-8-6-4-2;10-8-5-6-13(11,12)9-4-2-1-3-7(8)9/h1-2H;1-4H,5-6H2/i1T;. The van der Waals surface area contributed by atoms with Gasteiger partial charge in [-0.1, -0.05) is 18.2 Å². The maximum Gasteiger partial charge on any atom is 0.179 e. The molecule has 2 rings (SSSR count). The highest BCUT2D eigenvalue weighted by molar-refractivity contribution is 7.91. The van der Waals surface area contributed by atoms with E-state index in [0.29, 0.717) is 5.56 Å². The third-order valence-corrected chi connectivity index (χ3v) is 4.84. The first-order chi connectivity index (χ1) is 15.5. The molecule has 1 aliphatic rings. The molecule has 0 spiro atoms. The lowest BCUT2D eigenvalue weighted by Gasteiger charge is -2.13. The van der Waals surface area contributed by atoms with Crippen LogP contribution in [0.15, 0.2) is 29.2 Å². The Balaban J connectivity index is 0.000000339. The molecule has 1 heterocycles. The Hall–Kier alpha value is -5.12. The van der Waals surface area contributed by atoms with Crippen LogP contribution in [0.5, 0.6) is 0 Å². The van der Waals surface area contributed by atoms with Gasteiger partial charge in [-0.05, 0) is 101 Å². The number of terminal acetylenes is 2. The van der Waals surface area contributed by atoms with Crippen molar-refractivity contribution in [3.63, 3.8) is 0 Å². The zero-order chi connectivity index (χ0) is 23.5. The number of ketones is 1. The van der Waals surface area contributed by atoms with Crippen LogP contribution < -0.4 is 0 Å². The summed E-state index contributed by atoms with van der Waals surface area (Å²) in [7, 11) is -3.20. The summed E-state index contributed by atoms with van der Waals surface area (Å²) in [6, 6.07) is 6.36. The Labute approximate surface area is 184 Å². The molecule has 3 nitrogen and oxygen atoms in total. The van der Waals surface area contributed by atoms with E-state index in [9.17, 15) is 13.2 Å². The predicted molar refractivity (Wildman–Crippen MR) is 120 cm³/mol. The summed E-state index contributed by atoms with van der Waals surface area (Å²) < 4.78 is 29.4. The van der Waals surface area contributed by atoms with Crippen LogP contribution in [0.4, 0.5) is 0 Å². The molecule has 1 aliphatic heterocycles. The van der Waals surface area contributed by atoms with Gasteiger partial charge in [0.2, 0.25) is 0 Å². The van der Waals surface area contributed by atoms with E-state index >= 15 is 0 Å². The van der Waals surface area contributed by atoms with E-state index in [0.717, 1.165) is 0 Å².